The molecule has 2 heterocycles. The lowest BCUT2D eigenvalue weighted by Crippen LogP contribution is -2.38. The van der Waals surface area contributed by atoms with Gasteiger partial charge >= 0.3 is 0 Å². The number of H-pyrrole nitrogens is 1. The Kier molecular flexibility index (Phi) is 5.11. The number of rotatable bonds is 6. The van der Waals surface area contributed by atoms with E-state index in [1.165, 1.54) is 6.20 Å². The molecule has 6 nitrogen and oxygen atoms in total. The van der Waals surface area contributed by atoms with Gasteiger partial charge in [-0.3, -0.25) is 14.5 Å². The van der Waals surface area contributed by atoms with Crippen LogP contribution < -0.4 is 5.32 Å². The molecule has 2 rings (SSSR count). The van der Waals surface area contributed by atoms with E-state index in [2.05, 4.69) is 15.2 Å². The fourth-order valence-electron chi connectivity index (χ4n) is 2.03. The number of ether oxygens (including phenoxy) is 1. The number of amides is 1. The number of carbonyl (C=O) groups is 2. The molecule has 0 saturated carbocycles. The zero-order valence-electron chi connectivity index (χ0n) is 10.9. The fraction of sp³-hybridized carbons (Fsp3) is 0.538. The van der Waals surface area contributed by atoms with E-state index in [9.17, 15) is 9.59 Å². The lowest BCUT2D eigenvalue weighted by Gasteiger charge is -2.26. The Balaban J connectivity index is 1.64. The van der Waals surface area contributed by atoms with Crippen LogP contribution in [0.4, 0.5) is 0 Å². The van der Waals surface area contributed by atoms with Crippen LogP contribution in [0.1, 0.15) is 27.3 Å². The van der Waals surface area contributed by atoms with Gasteiger partial charge in [0.25, 0.3) is 5.91 Å². The molecule has 19 heavy (non-hydrogen) atoms. The average molecular weight is 265 g/mol. The van der Waals surface area contributed by atoms with Gasteiger partial charge in [-0.15, -0.1) is 0 Å². The standard InChI is InChI=1S/C13H19N3O3/c17-10-11-8-12(15-9-11)13(18)14-2-1-3-16-4-6-19-7-5-16/h8-10,15H,1-7H2,(H,14,18). The summed E-state index contributed by atoms with van der Waals surface area (Å²) in [5.41, 5.74) is 0.909. The Morgan fingerprint density at radius 3 is 2.95 bits per heavy atom. The number of hydrogen-bond donors (Lipinski definition) is 2. The van der Waals surface area contributed by atoms with Crippen LogP contribution in [0.2, 0.25) is 0 Å². The van der Waals surface area contributed by atoms with E-state index in [0.717, 1.165) is 39.3 Å². The monoisotopic (exact) mass is 265 g/mol. The van der Waals surface area contributed by atoms with Crippen molar-refractivity contribution in [3.8, 4) is 0 Å². The molecule has 0 spiro atoms. The third-order valence-electron chi connectivity index (χ3n) is 3.13. The largest absolute Gasteiger partial charge is 0.379 e. The molecule has 0 unspecified atom stereocenters. The molecule has 1 aromatic rings. The van der Waals surface area contributed by atoms with Gasteiger partial charge in [-0.05, 0) is 19.0 Å². The van der Waals surface area contributed by atoms with Gasteiger partial charge in [-0.2, -0.15) is 0 Å². The number of morpholine rings is 1. The first-order chi connectivity index (χ1) is 9.29. The van der Waals surface area contributed by atoms with Gasteiger partial charge < -0.3 is 15.0 Å². The van der Waals surface area contributed by atoms with Crippen LogP contribution in [0.3, 0.4) is 0 Å². The highest BCUT2D eigenvalue weighted by atomic mass is 16.5. The van der Waals surface area contributed by atoms with Crippen LogP contribution in [-0.2, 0) is 4.74 Å². The molecule has 0 bridgehead atoms. The second kappa shape index (κ2) is 7.06. The van der Waals surface area contributed by atoms with Gasteiger partial charge in [0.1, 0.15) is 5.69 Å². The van der Waals surface area contributed by atoms with Gasteiger partial charge in [0.2, 0.25) is 0 Å². The quantitative estimate of drug-likeness (QED) is 0.572. The highest BCUT2D eigenvalue weighted by Gasteiger charge is 2.10. The van der Waals surface area contributed by atoms with Gasteiger partial charge in [0.05, 0.1) is 13.2 Å². The normalized spacial score (nSPS) is 16.2. The molecular weight excluding hydrogens is 246 g/mol. The zero-order valence-corrected chi connectivity index (χ0v) is 10.9. The van der Waals surface area contributed by atoms with Crippen molar-refractivity contribution in [1.29, 1.82) is 0 Å². The summed E-state index contributed by atoms with van der Waals surface area (Å²) in [7, 11) is 0. The van der Waals surface area contributed by atoms with Crippen LogP contribution in [-0.4, -0.2) is 61.5 Å². The Morgan fingerprint density at radius 1 is 1.47 bits per heavy atom. The van der Waals surface area contributed by atoms with E-state index in [4.69, 9.17) is 4.74 Å². The number of carbonyl (C=O) groups excluding carboxylic acids is 2. The fourth-order valence-corrected chi connectivity index (χ4v) is 2.03. The van der Waals surface area contributed by atoms with E-state index in [1.807, 2.05) is 0 Å². The van der Waals surface area contributed by atoms with Crippen molar-refractivity contribution in [2.24, 2.45) is 0 Å². The molecular formula is C13H19N3O3. The van der Waals surface area contributed by atoms with Crippen molar-refractivity contribution in [2.75, 3.05) is 39.4 Å². The van der Waals surface area contributed by atoms with Crippen molar-refractivity contribution >= 4 is 12.2 Å². The highest BCUT2D eigenvalue weighted by Crippen LogP contribution is 2.01. The number of aldehydes is 1. The zero-order chi connectivity index (χ0) is 13.5. The molecule has 0 aromatic carbocycles. The SMILES string of the molecule is O=Cc1c[nH]c(C(=O)NCCCN2CCOCC2)c1. The molecule has 1 aliphatic rings. The lowest BCUT2D eigenvalue weighted by atomic mass is 10.3. The average Bonchev–Trinajstić information content (AvgIpc) is 2.93. The molecule has 0 radical (unpaired) electrons. The lowest BCUT2D eigenvalue weighted by molar-refractivity contribution is 0.0374. The van der Waals surface area contributed by atoms with Crippen molar-refractivity contribution in [3.63, 3.8) is 0 Å². The number of nitrogens with one attached hydrogen (secondary N) is 2. The Bertz CT molecular complexity index is 425. The number of nitrogens with zero attached hydrogens (tertiary/aromatic N) is 1. The molecule has 1 fully saturated rings. The minimum absolute atomic E-state index is 0.171. The summed E-state index contributed by atoms with van der Waals surface area (Å²) < 4.78 is 5.27. The predicted molar refractivity (Wildman–Crippen MR) is 70.4 cm³/mol. The number of hydrogen-bond acceptors (Lipinski definition) is 4. The third-order valence-corrected chi connectivity index (χ3v) is 3.13. The summed E-state index contributed by atoms with van der Waals surface area (Å²) in [6.45, 7) is 5.12. The third kappa shape index (κ3) is 4.18. The first kappa shape index (κ1) is 13.8. The van der Waals surface area contributed by atoms with Crippen molar-refractivity contribution in [1.82, 2.24) is 15.2 Å². The highest BCUT2D eigenvalue weighted by molar-refractivity contribution is 5.94. The second-order valence-electron chi connectivity index (χ2n) is 4.53. The molecule has 1 saturated heterocycles. The molecule has 1 aromatic heterocycles. The predicted octanol–water partition coefficient (Wildman–Crippen LogP) is 0.279. The van der Waals surface area contributed by atoms with Crippen molar-refractivity contribution in [2.45, 2.75) is 6.42 Å². The van der Waals surface area contributed by atoms with Gasteiger partial charge in [-0.25, -0.2) is 0 Å². The van der Waals surface area contributed by atoms with Crippen LogP contribution in [0.15, 0.2) is 12.3 Å². The van der Waals surface area contributed by atoms with Crippen LogP contribution in [0.5, 0.6) is 0 Å². The Labute approximate surface area is 112 Å². The van der Waals surface area contributed by atoms with E-state index < -0.39 is 0 Å². The summed E-state index contributed by atoms with van der Waals surface area (Å²) in [4.78, 5) is 27.3. The smallest absolute Gasteiger partial charge is 0.267 e. The topological polar surface area (TPSA) is 74.4 Å². The van der Waals surface area contributed by atoms with Crippen molar-refractivity contribution in [3.05, 3.63) is 23.5 Å². The summed E-state index contributed by atoms with van der Waals surface area (Å²) in [5.74, 6) is -0.171. The number of aromatic amines is 1. The first-order valence-electron chi connectivity index (χ1n) is 6.51. The number of aromatic nitrogens is 1. The Hall–Kier alpha value is -1.66. The molecule has 0 atom stereocenters. The van der Waals surface area contributed by atoms with Crippen LogP contribution in [0, 0.1) is 0 Å². The summed E-state index contributed by atoms with van der Waals surface area (Å²) in [6, 6.07) is 1.55. The molecule has 104 valence electrons. The summed E-state index contributed by atoms with van der Waals surface area (Å²) in [5, 5.41) is 2.83. The minimum Gasteiger partial charge on any atom is -0.379 e. The maximum atomic E-state index is 11.7. The van der Waals surface area contributed by atoms with E-state index in [0.29, 0.717) is 24.1 Å². The van der Waals surface area contributed by atoms with Crippen LogP contribution >= 0.6 is 0 Å². The van der Waals surface area contributed by atoms with Gasteiger partial charge in [-0.1, -0.05) is 0 Å². The molecule has 2 N–H and O–H groups in total. The molecule has 0 aliphatic carbocycles. The maximum absolute atomic E-state index is 11.7. The Morgan fingerprint density at radius 2 is 2.26 bits per heavy atom. The summed E-state index contributed by atoms with van der Waals surface area (Å²) in [6.07, 6.45) is 3.15. The van der Waals surface area contributed by atoms with Gasteiger partial charge in [0.15, 0.2) is 6.29 Å². The first-order valence-corrected chi connectivity index (χ1v) is 6.51. The maximum Gasteiger partial charge on any atom is 0.267 e. The van der Waals surface area contributed by atoms with Gasteiger partial charge in [0, 0.05) is 31.4 Å². The second-order valence-corrected chi connectivity index (χ2v) is 4.53. The summed E-state index contributed by atoms with van der Waals surface area (Å²) >= 11 is 0. The molecule has 1 amide bonds. The minimum atomic E-state index is -0.171. The molecule has 6 heteroatoms. The van der Waals surface area contributed by atoms with Crippen LogP contribution in [0.25, 0.3) is 0 Å². The van der Waals surface area contributed by atoms with E-state index in [-0.39, 0.29) is 5.91 Å². The molecule has 1 aliphatic heterocycles. The van der Waals surface area contributed by atoms with Crippen molar-refractivity contribution < 1.29 is 14.3 Å². The van der Waals surface area contributed by atoms with E-state index >= 15 is 0 Å². The van der Waals surface area contributed by atoms with E-state index in [1.54, 1.807) is 6.07 Å².